The SMILES string of the molecule is C1=C(c2ccccc2)CCC(N(c2ccc(-c3ccccc3)cc2)c2ccc3c(c2)c2c4oc5ccccc5c4ccc2n3-c2ccccc2)=C1. The van der Waals surface area contributed by atoms with Gasteiger partial charge in [0.2, 0.25) is 0 Å². The number of para-hydroxylation sites is 2. The highest BCUT2D eigenvalue weighted by atomic mass is 16.3. The molecule has 2 heterocycles. The molecule has 0 N–H and O–H groups in total. The number of hydrogen-bond donors (Lipinski definition) is 0. The van der Waals surface area contributed by atoms with Crippen LogP contribution in [0.15, 0.2) is 192 Å². The second kappa shape index (κ2) is 12.1. The lowest BCUT2D eigenvalue weighted by Crippen LogP contribution is -2.18. The van der Waals surface area contributed by atoms with Gasteiger partial charge in [-0.25, -0.2) is 0 Å². The molecule has 9 aromatic rings. The van der Waals surface area contributed by atoms with Gasteiger partial charge < -0.3 is 13.9 Å². The van der Waals surface area contributed by atoms with Crippen LogP contribution in [0, 0.1) is 0 Å². The lowest BCUT2D eigenvalue weighted by atomic mass is 9.95. The summed E-state index contributed by atoms with van der Waals surface area (Å²) in [5.74, 6) is 0. The first-order valence-electron chi connectivity index (χ1n) is 17.6. The number of hydrogen-bond acceptors (Lipinski definition) is 2. The topological polar surface area (TPSA) is 21.3 Å². The summed E-state index contributed by atoms with van der Waals surface area (Å²) in [6.07, 6.45) is 6.52. The number of furan rings is 1. The molecule has 0 aliphatic heterocycles. The van der Waals surface area contributed by atoms with Gasteiger partial charge in [-0.2, -0.15) is 0 Å². The molecule has 0 saturated heterocycles. The van der Waals surface area contributed by atoms with Crippen LogP contribution in [0.4, 0.5) is 11.4 Å². The van der Waals surface area contributed by atoms with E-state index in [0.717, 1.165) is 68.3 Å². The Morgan fingerprint density at radius 3 is 1.86 bits per heavy atom. The molecule has 0 bridgehead atoms. The lowest BCUT2D eigenvalue weighted by molar-refractivity contribution is 0.673. The van der Waals surface area contributed by atoms with Gasteiger partial charge in [-0.05, 0) is 102 Å². The molecule has 0 fully saturated rings. The second-order valence-corrected chi connectivity index (χ2v) is 13.3. The maximum atomic E-state index is 6.69. The highest BCUT2D eigenvalue weighted by Crippen LogP contribution is 2.44. The molecule has 0 amide bonds. The van der Waals surface area contributed by atoms with Crippen molar-refractivity contribution >= 4 is 60.7 Å². The molecule has 1 aliphatic rings. The van der Waals surface area contributed by atoms with E-state index in [-0.39, 0.29) is 0 Å². The van der Waals surface area contributed by atoms with Crippen LogP contribution in [0.1, 0.15) is 18.4 Å². The molecule has 51 heavy (non-hydrogen) atoms. The van der Waals surface area contributed by atoms with Gasteiger partial charge >= 0.3 is 0 Å². The van der Waals surface area contributed by atoms with Crippen molar-refractivity contribution in [3.63, 3.8) is 0 Å². The van der Waals surface area contributed by atoms with Gasteiger partial charge in [0, 0.05) is 38.9 Å². The van der Waals surface area contributed by atoms with Gasteiger partial charge in [0.25, 0.3) is 0 Å². The first-order valence-corrected chi connectivity index (χ1v) is 17.6. The van der Waals surface area contributed by atoms with Crippen LogP contribution >= 0.6 is 0 Å². The summed E-state index contributed by atoms with van der Waals surface area (Å²) in [5, 5.41) is 4.57. The first kappa shape index (κ1) is 29.3. The summed E-state index contributed by atoms with van der Waals surface area (Å²) in [6.45, 7) is 0. The Morgan fingerprint density at radius 1 is 0.471 bits per heavy atom. The van der Waals surface area contributed by atoms with Crippen molar-refractivity contribution in [1.82, 2.24) is 4.57 Å². The molecule has 0 saturated carbocycles. The lowest BCUT2D eigenvalue weighted by Gasteiger charge is -2.30. The van der Waals surface area contributed by atoms with E-state index in [2.05, 4.69) is 185 Å². The zero-order valence-electron chi connectivity index (χ0n) is 28.0. The maximum absolute atomic E-state index is 6.69. The van der Waals surface area contributed by atoms with Crippen molar-refractivity contribution in [3.05, 3.63) is 193 Å². The predicted molar refractivity (Wildman–Crippen MR) is 214 cm³/mol. The highest BCUT2D eigenvalue weighted by Gasteiger charge is 2.23. The molecule has 3 nitrogen and oxygen atoms in total. The number of rotatable bonds is 6. The average molecular weight is 655 g/mol. The largest absolute Gasteiger partial charge is 0.455 e. The molecule has 2 aromatic heterocycles. The van der Waals surface area contributed by atoms with E-state index in [4.69, 9.17) is 4.42 Å². The third-order valence-electron chi connectivity index (χ3n) is 10.3. The maximum Gasteiger partial charge on any atom is 0.145 e. The van der Waals surface area contributed by atoms with Gasteiger partial charge in [-0.3, -0.25) is 0 Å². The molecule has 7 aromatic carbocycles. The summed E-state index contributed by atoms with van der Waals surface area (Å²) in [7, 11) is 0. The molecule has 0 radical (unpaired) electrons. The summed E-state index contributed by atoms with van der Waals surface area (Å²) >= 11 is 0. The number of benzene rings is 7. The fraction of sp³-hybridized carbons (Fsp3) is 0.0417. The highest BCUT2D eigenvalue weighted by molar-refractivity contribution is 6.24. The van der Waals surface area contributed by atoms with E-state index in [1.54, 1.807) is 0 Å². The molecule has 0 atom stereocenters. The normalized spacial score (nSPS) is 13.2. The van der Waals surface area contributed by atoms with E-state index in [9.17, 15) is 0 Å². The fourth-order valence-corrected chi connectivity index (χ4v) is 7.89. The van der Waals surface area contributed by atoms with E-state index >= 15 is 0 Å². The number of anilines is 2. The number of fused-ring (bicyclic) bond motifs is 7. The monoisotopic (exact) mass is 654 g/mol. The smallest absolute Gasteiger partial charge is 0.145 e. The molecule has 3 heteroatoms. The molecule has 10 rings (SSSR count). The van der Waals surface area contributed by atoms with Crippen LogP contribution < -0.4 is 4.90 Å². The van der Waals surface area contributed by atoms with E-state index in [1.807, 2.05) is 6.07 Å². The predicted octanol–water partition coefficient (Wildman–Crippen LogP) is 13.2. The van der Waals surface area contributed by atoms with Crippen LogP contribution in [0.2, 0.25) is 0 Å². The van der Waals surface area contributed by atoms with E-state index in [0.29, 0.717) is 0 Å². The summed E-state index contributed by atoms with van der Waals surface area (Å²) in [6, 6.07) is 60.7. The van der Waals surface area contributed by atoms with Gasteiger partial charge in [0.1, 0.15) is 11.2 Å². The summed E-state index contributed by atoms with van der Waals surface area (Å²) in [4.78, 5) is 2.44. The van der Waals surface area contributed by atoms with Gasteiger partial charge in [-0.15, -0.1) is 0 Å². The Kier molecular flexibility index (Phi) is 6.95. The molecule has 242 valence electrons. The molecule has 0 unspecified atom stereocenters. The molecular formula is C48H34N2O. The van der Waals surface area contributed by atoms with Crippen molar-refractivity contribution < 1.29 is 4.42 Å². The minimum Gasteiger partial charge on any atom is -0.455 e. The second-order valence-electron chi connectivity index (χ2n) is 13.3. The quantitative estimate of drug-likeness (QED) is 0.178. The fourth-order valence-electron chi connectivity index (χ4n) is 7.89. The third kappa shape index (κ3) is 4.97. The van der Waals surface area contributed by atoms with E-state index < -0.39 is 0 Å². The number of allylic oxidation sites excluding steroid dienone is 4. The Morgan fingerprint density at radius 2 is 1.12 bits per heavy atom. The zero-order chi connectivity index (χ0) is 33.7. The first-order chi connectivity index (χ1) is 25.3. The third-order valence-corrected chi connectivity index (χ3v) is 10.3. The van der Waals surface area contributed by atoms with Crippen LogP contribution in [-0.4, -0.2) is 4.57 Å². The van der Waals surface area contributed by atoms with Gasteiger partial charge in [0.05, 0.1) is 16.4 Å². The van der Waals surface area contributed by atoms with Crippen LogP contribution in [0.25, 0.3) is 66.1 Å². The minimum atomic E-state index is 0.908. The standard InChI is InChI=1S/C48H34N2O/c1-4-12-33(13-5-1)35-20-24-38(25-21-35)49(39-26-22-36(23-27-39)34-14-6-2-7-15-34)40-28-30-44-43(32-40)47-45(50(44)37-16-8-3-9-17-37)31-29-42-41-18-10-11-19-46(41)51-48(42)47/h1-22,24-26,28-32H,23,27H2. The van der Waals surface area contributed by atoms with Crippen molar-refractivity contribution in [1.29, 1.82) is 0 Å². The minimum absolute atomic E-state index is 0.908. The van der Waals surface area contributed by atoms with Crippen LogP contribution in [0.5, 0.6) is 0 Å². The molecular weight excluding hydrogens is 621 g/mol. The Labute approximate surface area is 296 Å². The van der Waals surface area contributed by atoms with Gasteiger partial charge in [0.15, 0.2) is 0 Å². The van der Waals surface area contributed by atoms with Crippen molar-refractivity contribution in [3.8, 4) is 16.8 Å². The summed E-state index contributed by atoms with van der Waals surface area (Å²) < 4.78 is 9.06. The van der Waals surface area contributed by atoms with Crippen molar-refractivity contribution in [2.45, 2.75) is 12.8 Å². The van der Waals surface area contributed by atoms with E-state index in [1.165, 1.54) is 33.3 Å². The zero-order valence-corrected chi connectivity index (χ0v) is 28.0. The molecule has 1 aliphatic carbocycles. The Bertz CT molecular complexity index is 2770. The van der Waals surface area contributed by atoms with Crippen molar-refractivity contribution in [2.24, 2.45) is 0 Å². The number of nitrogens with zero attached hydrogens (tertiary/aromatic N) is 2. The summed E-state index contributed by atoms with van der Waals surface area (Å²) in [5.41, 5.74) is 13.8. The van der Waals surface area contributed by atoms with Crippen molar-refractivity contribution in [2.75, 3.05) is 4.90 Å². The average Bonchev–Trinajstić information content (AvgIpc) is 3.75. The van der Waals surface area contributed by atoms with Crippen LogP contribution in [0.3, 0.4) is 0 Å². The number of aromatic nitrogens is 1. The Hall–Kier alpha value is -6.58. The van der Waals surface area contributed by atoms with Crippen LogP contribution in [-0.2, 0) is 0 Å². The Balaban J connectivity index is 1.20. The van der Waals surface area contributed by atoms with Gasteiger partial charge in [-0.1, -0.05) is 115 Å². The molecule has 0 spiro atoms.